The molecule has 8 heteroatoms. The fourth-order valence-electron chi connectivity index (χ4n) is 1.21. The van der Waals surface area contributed by atoms with Crippen LogP contribution in [0.3, 0.4) is 0 Å². The van der Waals surface area contributed by atoms with Crippen LogP contribution in [0.4, 0.5) is 18.9 Å². The summed E-state index contributed by atoms with van der Waals surface area (Å²) in [5.41, 5.74) is 0.544. The molecule has 0 radical (unpaired) electrons. The molecule has 0 aliphatic rings. The van der Waals surface area contributed by atoms with Gasteiger partial charge in [0, 0.05) is 11.9 Å². The van der Waals surface area contributed by atoms with Crippen molar-refractivity contribution >= 4 is 28.9 Å². The van der Waals surface area contributed by atoms with Crippen molar-refractivity contribution in [2.45, 2.75) is 25.3 Å². The Labute approximate surface area is 113 Å². The van der Waals surface area contributed by atoms with Gasteiger partial charge >= 0.3 is 6.18 Å². The zero-order chi connectivity index (χ0) is 13.8. The average molecular weight is 302 g/mol. The quantitative estimate of drug-likeness (QED) is 0.498. The summed E-state index contributed by atoms with van der Waals surface area (Å²) in [6, 6.07) is 1.43. The molecule has 1 aromatic heterocycles. The van der Waals surface area contributed by atoms with Crippen molar-refractivity contribution < 1.29 is 13.2 Å². The van der Waals surface area contributed by atoms with E-state index in [0.29, 0.717) is 5.69 Å². The number of aromatic nitrogens is 1. The molecule has 0 saturated heterocycles. The van der Waals surface area contributed by atoms with Gasteiger partial charge in [0.15, 0.2) is 0 Å². The van der Waals surface area contributed by atoms with Crippen LogP contribution in [0.1, 0.15) is 6.92 Å². The highest BCUT2D eigenvalue weighted by Crippen LogP contribution is 2.20. The van der Waals surface area contributed by atoms with Crippen molar-refractivity contribution in [3.63, 3.8) is 0 Å². The molecule has 1 aromatic rings. The summed E-state index contributed by atoms with van der Waals surface area (Å²) in [4.78, 5) is 3.77. The summed E-state index contributed by atoms with van der Waals surface area (Å²) in [6.45, 7) is 1.03. The van der Waals surface area contributed by atoms with Gasteiger partial charge in [0.1, 0.15) is 11.2 Å². The number of nitrogens with zero attached hydrogens (tertiary/aromatic N) is 1. The first-order valence-electron chi connectivity index (χ1n) is 5.09. The van der Waals surface area contributed by atoms with Crippen LogP contribution in [0, 0.1) is 0 Å². The standard InChI is InChI=1S/C10H12Cl2F3N3/c1-6(10(13,14)15)17-9(5-11)18-7-2-3-16-8(12)4-7/h2-4,6,9,17H,5H2,1H3,(H,16,18)/t6-,9?/m1/s1. The van der Waals surface area contributed by atoms with Crippen molar-refractivity contribution in [2.75, 3.05) is 11.2 Å². The molecule has 0 bridgehead atoms. The zero-order valence-corrected chi connectivity index (χ0v) is 10.9. The van der Waals surface area contributed by atoms with Crippen molar-refractivity contribution in [3.8, 4) is 0 Å². The van der Waals surface area contributed by atoms with Crippen LogP contribution < -0.4 is 10.6 Å². The predicted octanol–water partition coefficient (Wildman–Crippen LogP) is 3.25. The average Bonchev–Trinajstić information content (AvgIpc) is 2.26. The van der Waals surface area contributed by atoms with E-state index in [0.717, 1.165) is 6.92 Å². The predicted molar refractivity (Wildman–Crippen MR) is 66.0 cm³/mol. The molecule has 0 aromatic carbocycles. The Morgan fingerprint density at radius 3 is 2.61 bits per heavy atom. The van der Waals surface area contributed by atoms with Crippen molar-refractivity contribution in [1.29, 1.82) is 0 Å². The van der Waals surface area contributed by atoms with Crippen LogP contribution in [-0.4, -0.2) is 29.2 Å². The molecular weight excluding hydrogens is 290 g/mol. The molecule has 0 amide bonds. The third kappa shape index (κ3) is 4.88. The molecule has 0 aliphatic carbocycles. The zero-order valence-electron chi connectivity index (χ0n) is 9.43. The summed E-state index contributed by atoms with van der Waals surface area (Å²) >= 11 is 11.3. The van der Waals surface area contributed by atoms with Crippen LogP contribution in [0.15, 0.2) is 18.3 Å². The van der Waals surface area contributed by atoms with E-state index in [1.165, 1.54) is 12.3 Å². The number of rotatable bonds is 5. The molecule has 0 spiro atoms. The van der Waals surface area contributed by atoms with E-state index in [1.54, 1.807) is 6.07 Å². The molecule has 0 fully saturated rings. The van der Waals surface area contributed by atoms with Crippen molar-refractivity contribution in [3.05, 3.63) is 23.5 Å². The molecule has 0 saturated carbocycles. The molecule has 1 rings (SSSR count). The first-order valence-corrected chi connectivity index (χ1v) is 6.01. The minimum atomic E-state index is -4.32. The lowest BCUT2D eigenvalue weighted by Crippen LogP contribution is -2.49. The number of alkyl halides is 4. The molecular formula is C10H12Cl2F3N3. The van der Waals surface area contributed by atoms with E-state index in [-0.39, 0.29) is 11.0 Å². The summed E-state index contributed by atoms with van der Waals surface area (Å²) in [6.07, 6.45) is -3.59. The fourth-order valence-corrected chi connectivity index (χ4v) is 1.55. The first-order chi connectivity index (χ1) is 8.32. The van der Waals surface area contributed by atoms with Crippen LogP contribution in [0.5, 0.6) is 0 Å². The highest BCUT2D eigenvalue weighted by Gasteiger charge is 2.36. The van der Waals surface area contributed by atoms with E-state index >= 15 is 0 Å². The summed E-state index contributed by atoms with van der Waals surface area (Å²) in [5, 5.41) is 5.40. The summed E-state index contributed by atoms with van der Waals surface area (Å²) < 4.78 is 37.2. The second kappa shape index (κ2) is 6.45. The highest BCUT2D eigenvalue weighted by atomic mass is 35.5. The monoisotopic (exact) mass is 301 g/mol. The topological polar surface area (TPSA) is 37.0 Å². The molecule has 102 valence electrons. The second-order valence-corrected chi connectivity index (χ2v) is 4.34. The Balaban J connectivity index is 2.63. The molecule has 18 heavy (non-hydrogen) atoms. The van der Waals surface area contributed by atoms with Crippen LogP contribution in [-0.2, 0) is 0 Å². The van der Waals surface area contributed by atoms with Crippen LogP contribution >= 0.6 is 23.2 Å². The van der Waals surface area contributed by atoms with Gasteiger partial charge in [-0.2, -0.15) is 13.2 Å². The fraction of sp³-hybridized carbons (Fsp3) is 0.500. The Kier molecular flexibility index (Phi) is 5.49. The smallest absolute Gasteiger partial charge is 0.369 e. The minimum Gasteiger partial charge on any atom is -0.369 e. The van der Waals surface area contributed by atoms with Gasteiger partial charge in [-0.1, -0.05) is 11.6 Å². The maximum atomic E-state index is 12.4. The maximum absolute atomic E-state index is 12.4. The number of hydrogen-bond acceptors (Lipinski definition) is 3. The van der Waals surface area contributed by atoms with Gasteiger partial charge in [0.05, 0.1) is 12.0 Å². The van der Waals surface area contributed by atoms with E-state index in [2.05, 4.69) is 15.6 Å². The van der Waals surface area contributed by atoms with E-state index < -0.39 is 18.4 Å². The van der Waals surface area contributed by atoms with Gasteiger partial charge in [-0.05, 0) is 19.1 Å². The van der Waals surface area contributed by atoms with Crippen molar-refractivity contribution in [2.24, 2.45) is 0 Å². The number of anilines is 1. The lowest BCUT2D eigenvalue weighted by Gasteiger charge is -2.25. The largest absolute Gasteiger partial charge is 0.403 e. The lowest BCUT2D eigenvalue weighted by molar-refractivity contribution is -0.152. The molecule has 3 nitrogen and oxygen atoms in total. The maximum Gasteiger partial charge on any atom is 0.403 e. The normalized spacial score (nSPS) is 15.2. The third-order valence-corrected chi connectivity index (χ3v) is 2.68. The van der Waals surface area contributed by atoms with Crippen molar-refractivity contribution in [1.82, 2.24) is 10.3 Å². The molecule has 2 N–H and O–H groups in total. The number of nitrogens with one attached hydrogen (secondary N) is 2. The number of pyridine rings is 1. The Bertz CT molecular complexity index is 387. The highest BCUT2D eigenvalue weighted by molar-refractivity contribution is 6.29. The lowest BCUT2D eigenvalue weighted by atomic mass is 10.3. The van der Waals surface area contributed by atoms with Gasteiger partial charge in [0.25, 0.3) is 0 Å². The third-order valence-electron chi connectivity index (χ3n) is 2.16. The second-order valence-electron chi connectivity index (χ2n) is 3.65. The van der Waals surface area contributed by atoms with Gasteiger partial charge < -0.3 is 5.32 Å². The van der Waals surface area contributed by atoms with Crippen LogP contribution in [0.25, 0.3) is 0 Å². The molecule has 1 unspecified atom stereocenters. The number of hydrogen-bond donors (Lipinski definition) is 2. The van der Waals surface area contributed by atoms with E-state index in [1.807, 2.05) is 0 Å². The van der Waals surface area contributed by atoms with Crippen LogP contribution in [0.2, 0.25) is 5.15 Å². The van der Waals surface area contributed by atoms with Gasteiger partial charge in [0.2, 0.25) is 0 Å². The first kappa shape index (κ1) is 15.3. The minimum absolute atomic E-state index is 0.0274. The number of halogens is 5. The van der Waals surface area contributed by atoms with Gasteiger partial charge in [-0.25, -0.2) is 4.98 Å². The van der Waals surface area contributed by atoms with Gasteiger partial charge in [-0.15, -0.1) is 11.6 Å². The van der Waals surface area contributed by atoms with E-state index in [9.17, 15) is 13.2 Å². The summed E-state index contributed by atoms with van der Waals surface area (Å²) in [5.74, 6) is -0.0274. The van der Waals surface area contributed by atoms with Gasteiger partial charge in [-0.3, -0.25) is 5.32 Å². The molecule has 1 heterocycles. The Hall–Kier alpha value is -0.720. The SMILES string of the molecule is C[C@@H](NC(CCl)Nc1ccnc(Cl)c1)C(F)(F)F. The Morgan fingerprint density at radius 2 is 2.11 bits per heavy atom. The summed E-state index contributed by atoms with van der Waals surface area (Å²) in [7, 11) is 0. The molecule has 0 aliphatic heterocycles. The molecule has 2 atom stereocenters. The Morgan fingerprint density at radius 1 is 1.44 bits per heavy atom. The van der Waals surface area contributed by atoms with E-state index in [4.69, 9.17) is 23.2 Å².